The molecule has 0 amide bonds. The third-order valence-electron chi connectivity index (χ3n) is 3.37. The summed E-state index contributed by atoms with van der Waals surface area (Å²) >= 11 is 0. The highest BCUT2D eigenvalue weighted by Crippen LogP contribution is 2.23. The number of hydrogen-bond donors (Lipinski definition) is 2. The molecule has 3 N–H and O–H groups in total. The molecule has 0 aliphatic heterocycles. The van der Waals surface area contributed by atoms with Gasteiger partial charge in [0, 0.05) is 0 Å². The number of anilines is 1. The second-order valence-corrected chi connectivity index (χ2v) is 4.66. The van der Waals surface area contributed by atoms with Crippen molar-refractivity contribution in [1.82, 2.24) is 14.5 Å². The van der Waals surface area contributed by atoms with E-state index in [2.05, 4.69) is 9.97 Å². The van der Waals surface area contributed by atoms with Gasteiger partial charge in [-0.15, -0.1) is 0 Å². The van der Waals surface area contributed by atoms with Crippen LogP contribution in [0.1, 0.15) is 25.3 Å². The maximum absolute atomic E-state index is 12.1. The van der Waals surface area contributed by atoms with Crippen molar-refractivity contribution in [2.45, 2.75) is 25.3 Å². The zero-order chi connectivity index (χ0) is 13.4. The van der Waals surface area contributed by atoms with Crippen molar-refractivity contribution >= 4 is 16.9 Å². The number of nitrogens with zero attached hydrogens (tertiary/aromatic N) is 2. The predicted molar refractivity (Wildman–Crippen MR) is 73.1 cm³/mol. The third kappa shape index (κ3) is 1.95. The van der Waals surface area contributed by atoms with E-state index in [1.807, 2.05) is 12.2 Å². The van der Waals surface area contributed by atoms with Gasteiger partial charge in [-0.05, 0) is 31.4 Å². The van der Waals surface area contributed by atoms with E-state index < -0.39 is 11.2 Å². The van der Waals surface area contributed by atoms with Crippen LogP contribution in [-0.4, -0.2) is 14.5 Å². The molecule has 19 heavy (non-hydrogen) atoms. The largest absolute Gasteiger partial charge is 0.384 e. The standard InChI is InChI=1S/C13H14N4O2/c14-10-7-6-9-11(15-10)17(13(19)16-12(9)18)8-4-2-1-3-5-8/h2,4,6-8H,1,3,5H2,(H2,14,15)(H,16,18,19). The minimum atomic E-state index is -0.438. The van der Waals surface area contributed by atoms with E-state index >= 15 is 0 Å². The fourth-order valence-corrected chi connectivity index (χ4v) is 2.46. The lowest BCUT2D eigenvalue weighted by Gasteiger charge is -2.20. The first-order valence-electron chi connectivity index (χ1n) is 6.24. The molecule has 2 heterocycles. The molecule has 1 atom stereocenters. The summed E-state index contributed by atoms with van der Waals surface area (Å²) in [6.07, 6.45) is 6.91. The maximum Gasteiger partial charge on any atom is 0.330 e. The Labute approximate surface area is 108 Å². The van der Waals surface area contributed by atoms with Gasteiger partial charge in [0.1, 0.15) is 5.82 Å². The lowest BCUT2D eigenvalue weighted by molar-refractivity contribution is 0.507. The molecule has 3 rings (SSSR count). The van der Waals surface area contributed by atoms with E-state index in [0.717, 1.165) is 19.3 Å². The lowest BCUT2D eigenvalue weighted by Crippen LogP contribution is -2.33. The van der Waals surface area contributed by atoms with Crippen LogP contribution in [0.4, 0.5) is 5.82 Å². The molecule has 0 bridgehead atoms. The Morgan fingerprint density at radius 2 is 2.21 bits per heavy atom. The molecule has 2 aromatic heterocycles. The number of nitrogen functional groups attached to an aromatic ring is 1. The number of H-pyrrole nitrogens is 1. The van der Waals surface area contributed by atoms with E-state index in [-0.39, 0.29) is 6.04 Å². The van der Waals surface area contributed by atoms with Crippen LogP contribution in [0.3, 0.4) is 0 Å². The minimum Gasteiger partial charge on any atom is -0.384 e. The summed E-state index contributed by atoms with van der Waals surface area (Å²) in [5.74, 6) is 0.297. The average Bonchev–Trinajstić information content (AvgIpc) is 2.39. The molecule has 6 nitrogen and oxygen atoms in total. The van der Waals surface area contributed by atoms with Gasteiger partial charge in [-0.1, -0.05) is 12.2 Å². The topological polar surface area (TPSA) is 93.8 Å². The highest BCUT2D eigenvalue weighted by atomic mass is 16.2. The van der Waals surface area contributed by atoms with Crippen LogP contribution in [0.5, 0.6) is 0 Å². The van der Waals surface area contributed by atoms with Crippen LogP contribution in [-0.2, 0) is 0 Å². The second-order valence-electron chi connectivity index (χ2n) is 4.66. The normalized spacial score (nSPS) is 18.8. The molecule has 98 valence electrons. The van der Waals surface area contributed by atoms with Crippen molar-refractivity contribution < 1.29 is 0 Å². The number of nitrogens with one attached hydrogen (secondary N) is 1. The first kappa shape index (κ1) is 11.7. The van der Waals surface area contributed by atoms with E-state index in [4.69, 9.17) is 5.73 Å². The number of aromatic amines is 1. The maximum atomic E-state index is 12.1. The Kier molecular flexibility index (Phi) is 2.70. The monoisotopic (exact) mass is 258 g/mol. The Morgan fingerprint density at radius 3 is 2.95 bits per heavy atom. The first-order valence-corrected chi connectivity index (χ1v) is 6.24. The van der Waals surface area contributed by atoms with E-state index in [0.29, 0.717) is 16.9 Å². The fourth-order valence-electron chi connectivity index (χ4n) is 2.46. The van der Waals surface area contributed by atoms with Gasteiger partial charge in [0.05, 0.1) is 11.4 Å². The molecule has 0 saturated heterocycles. The number of fused-ring (bicyclic) bond motifs is 1. The highest BCUT2D eigenvalue weighted by Gasteiger charge is 2.17. The zero-order valence-electron chi connectivity index (χ0n) is 10.3. The summed E-state index contributed by atoms with van der Waals surface area (Å²) in [5, 5.41) is 0.382. The quantitative estimate of drug-likeness (QED) is 0.744. The summed E-state index contributed by atoms with van der Waals surface area (Å²) in [6, 6.07) is 3.08. The molecule has 0 radical (unpaired) electrons. The summed E-state index contributed by atoms with van der Waals surface area (Å²) in [6.45, 7) is 0. The molecule has 0 saturated carbocycles. The SMILES string of the molecule is Nc1ccc2c(=O)[nH]c(=O)n(C3C=CCCC3)c2n1. The number of pyridine rings is 1. The number of rotatable bonds is 1. The van der Waals surface area contributed by atoms with Gasteiger partial charge in [0.15, 0.2) is 5.65 Å². The van der Waals surface area contributed by atoms with Crippen molar-refractivity contribution in [3.05, 3.63) is 45.1 Å². The van der Waals surface area contributed by atoms with Gasteiger partial charge >= 0.3 is 5.69 Å². The number of nitrogens with two attached hydrogens (primary N) is 1. The van der Waals surface area contributed by atoms with Gasteiger partial charge < -0.3 is 5.73 Å². The first-order chi connectivity index (χ1) is 9.16. The van der Waals surface area contributed by atoms with Crippen LogP contribution < -0.4 is 17.0 Å². The molecule has 1 unspecified atom stereocenters. The Hall–Kier alpha value is -2.37. The van der Waals surface area contributed by atoms with Crippen LogP contribution in [0.15, 0.2) is 33.9 Å². The average molecular weight is 258 g/mol. The summed E-state index contributed by atoms with van der Waals surface area (Å²) in [7, 11) is 0. The van der Waals surface area contributed by atoms with E-state index in [1.54, 1.807) is 12.1 Å². The molecule has 0 fully saturated rings. The van der Waals surface area contributed by atoms with Crippen LogP contribution >= 0.6 is 0 Å². The lowest BCUT2D eigenvalue weighted by atomic mass is 10.0. The number of allylic oxidation sites excluding steroid dienone is 2. The summed E-state index contributed by atoms with van der Waals surface area (Å²) in [4.78, 5) is 30.3. The van der Waals surface area contributed by atoms with Gasteiger partial charge in [-0.2, -0.15) is 0 Å². The molecule has 0 spiro atoms. The zero-order valence-corrected chi connectivity index (χ0v) is 10.3. The number of aromatic nitrogens is 3. The van der Waals surface area contributed by atoms with Crippen LogP contribution in [0, 0.1) is 0 Å². The van der Waals surface area contributed by atoms with Crippen molar-refractivity contribution in [3.8, 4) is 0 Å². The van der Waals surface area contributed by atoms with Gasteiger partial charge in [0.25, 0.3) is 5.56 Å². The van der Waals surface area contributed by atoms with Crippen LogP contribution in [0.2, 0.25) is 0 Å². The van der Waals surface area contributed by atoms with E-state index in [9.17, 15) is 9.59 Å². The third-order valence-corrected chi connectivity index (χ3v) is 3.37. The molecule has 0 aromatic carbocycles. The van der Waals surface area contributed by atoms with Gasteiger partial charge in [-0.25, -0.2) is 9.78 Å². The van der Waals surface area contributed by atoms with Gasteiger partial charge in [0.2, 0.25) is 0 Å². The fraction of sp³-hybridized carbons (Fsp3) is 0.308. The summed E-state index contributed by atoms with van der Waals surface area (Å²) < 4.78 is 1.52. The second kappa shape index (κ2) is 4.38. The molecule has 1 aliphatic carbocycles. The Bertz CT molecular complexity index is 772. The van der Waals surface area contributed by atoms with E-state index in [1.165, 1.54) is 4.57 Å². The van der Waals surface area contributed by atoms with Crippen molar-refractivity contribution in [2.24, 2.45) is 0 Å². The summed E-state index contributed by atoms with van der Waals surface area (Å²) in [5.41, 5.74) is 5.15. The Balaban J connectivity index is 2.36. The van der Waals surface area contributed by atoms with Crippen LogP contribution in [0.25, 0.3) is 11.0 Å². The van der Waals surface area contributed by atoms with Crippen molar-refractivity contribution in [1.29, 1.82) is 0 Å². The highest BCUT2D eigenvalue weighted by molar-refractivity contribution is 5.75. The van der Waals surface area contributed by atoms with Crippen molar-refractivity contribution in [2.75, 3.05) is 5.73 Å². The predicted octanol–water partition coefficient (Wildman–Crippen LogP) is 0.948. The molecule has 6 heteroatoms. The molecular formula is C13H14N4O2. The smallest absolute Gasteiger partial charge is 0.330 e. The molecule has 2 aromatic rings. The number of hydrogen-bond acceptors (Lipinski definition) is 4. The molecule has 1 aliphatic rings. The van der Waals surface area contributed by atoms with Gasteiger partial charge in [-0.3, -0.25) is 14.3 Å². The minimum absolute atomic E-state index is 0.0742. The molecular weight excluding hydrogens is 244 g/mol. The van der Waals surface area contributed by atoms with Crippen molar-refractivity contribution in [3.63, 3.8) is 0 Å². The Morgan fingerprint density at radius 1 is 1.37 bits per heavy atom.